The van der Waals surface area contributed by atoms with E-state index in [-0.39, 0.29) is 17.8 Å². The molecule has 1 aliphatic heterocycles. The van der Waals surface area contributed by atoms with Crippen LogP contribution in [0.2, 0.25) is 0 Å². The van der Waals surface area contributed by atoms with Gasteiger partial charge in [0, 0.05) is 17.3 Å². The molecule has 1 aromatic carbocycles. The molecule has 2 aliphatic rings. The molecule has 0 bridgehead atoms. The summed E-state index contributed by atoms with van der Waals surface area (Å²) in [4.78, 5) is 11.9. The van der Waals surface area contributed by atoms with E-state index in [2.05, 4.69) is 10.6 Å². The van der Waals surface area contributed by atoms with E-state index in [0.717, 1.165) is 18.4 Å². The number of nitrogens with one attached hydrogen (secondary N) is 2. The third kappa shape index (κ3) is 2.12. The van der Waals surface area contributed by atoms with Crippen molar-refractivity contribution in [2.75, 3.05) is 5.32 Å². The quantitative estimate of drug-likeness (QED) is 0.845. The van der Waals surface area contributed by atoms with Crippen molar-refractivity contribution in [2.45, 2.75) is 44.2 Å². The number of halogens is 1. The Balaban J connectivity index is 1.78. The van der Waals surface area contributed by atoms with Crippen molar-refractivity contribution in [2.24, 2.45) is 0 Å². The Morgan fingerprint density at radius 2 is 2.00 bits per heavy atom. The van der Waals surface area contributed by atoms with Gasteiger partial charge >= 0.3 is 0 Å². The Kier molecular flexibility index (Phi) is 3.04. The van der Waals surface area contributed by atoms with Gasteiger partial charge < -0.3 is 5.32 Å². The predicted molar refractivity (Wildman–Crippen MR) is 67.8 cm³/mol. The van der Waals surface area contributed by atoms with Gasteiger partial charge in [-0.15, -0.1) is 0 Å². The summed E-state index contributed by atoms with van der Waals surface area (Å²) in [5.74, 6) is -0.381. The summed E-state index contributed by atoms with van der Waals surface area (Å²) in [6, 6.07) is 4.59. The molecule has 0 radical (unpaired) electrons. The standard InChI is InChI=1S/C14H17FN2O/c15-9-6-7-11-12(8-9)17-14(18)13(11)16-10-4-2-1-3-5-10/h6-8,10,13,16H,1-5H2,(H,17,18). The summed E-state index contributed by atoms with van der Waals surface area (Å²) < 4.78 is 13.1. The molecule has 1 aliphatic carbocycles. The molecule has 0 spiro atoms. The highest BCUT2D eigenvalue weighted by molar-refractivity contribution is 6.02. The van der Waals surface area contributed by atoms with Crippen LogP contribution in [0.3, 0.4) is 0 Å². The number of fused-ring (bicyclic) bond motifs is 1. The van der Waals surface area contributed by atoms with E-state index < -0.39 is 0 Å². The molecule has 1 amide bonds. The molecular weight excluding hydrogens is 231 g/mol. The number of anilines is 1. The molecule has 0 aromatic heterocycles. The number of rotatable bonds is 2. The highest BCUT2D eigenvalue weighted by Crippen LogP contribution is 2.32. The topological polar surface area (TPSA) is 41.1 Å². The average Bonchev–Trinajstić information content (AvgIpc) is 2.66. The van der Waals surface area contributed by atoms with Gasteiger partial charge in [0.2, 0.25) is 5.91 Å². The first kappa shape index (κ1) is 11.7. The lowest BCUT2D eigenvalue weighted by molar-refractivity contribution is -0.117. The highest BCUT2D eigenvalue weighted by Gasteiger charge is 2.32. The molecule has 1 saturated carbocycles. The fourth-order valence-electron chi connectivity index (χ4n) is 2.91. The fraction of sp³-hybridized carbons (Fsp3) is 0.500. The second-order valence-corrected chi connectivity index (χ2v) is 5.16. The lowest BCUT2D eigenvalue weighted by atomic mass is 9.94. The maximum Gasteiger partial charge on any atom is 0.246 e. The minimum absolute atomic E-state index is 0.0684. The van der Waals surface area contributed by atoms with Crippen LogP contribution in [0.15, 0.2) is 18.2 Å². The molecule has 1 atom stereocenters. The first-order valence-electron chi connectivity index (χ1n) is 6.60. The Hall–Kier alpha value is -1.42. The number of benzene rings is 1. The van der Waals surface area contributed by atoms with Crippen LogP contribution in [-0.4, -0.2) is 11.9 Å². The summed E-state index contributed by atoms with van der Waals surface area (Å²) in [5.41, 5.74) is 1.47. The summed E-state index contributed by atoms with van der Waals surface area (Å²) in [6.45, 7) is 0. The summed E-state index contributed by atoms with van der Waals surface area (Å²) in [7, 11) is 0. The number of carbonyl (C=O) groups excluding carboxylic acids is 1. The predicted octanol–water partition coefficient (Wildman–Crippen LogP) is 2.74. The lowest BCUT2D eigenvalue weighted by Gasteiger charge is -2.25. The monoisotopic (exact) mass is 248 g/mol. The Bertz CT molecular complexity index is 469. The van der Waals surface area contributed by atoms with Crippen LogP contribution < -0.4 is 10.6 Å². The van der Waals surface area contributed by atoms with E-state index in [9.17, 15) is 9.18 Å². The van der Waals surface area contributed by atoms with Crippen molar-refractivity contribution in [3.05, 3.63) is 29.6 Å². The zero-order chi connectivity index (χ0) is 12.5. The summed E-state index contributed by atoms with van der Waals surface area (Å²) in [6.07, 6.45) is 5.99. The van der Waals surface area contributed by atoms with Gasteiger partial charge in [-0.1, -0.05) is 25.3 Å². The Labute approximate surface area is 106 Å². The first-order chi connectivity index (χ1) is 8.74. The van der Waals surface area contributed by atoms with Crippen molar-refractivity contribution < 1.29 is 9.18 Å². The third-order valence-corrected chi connectivity index (χ3v) is 3.85. The van der Waals surface area contributed by atoms with Gasteiger partial charge in [0.1, 0.15) is 11.9 Å². The Morgan fingerprint density at radius 3 is 2.78 bits per heavy atom. The van der Waals surface area contributed by atoms with Crippen molar-refractivity contribution in [1.29, 1.82) is 0 Å². The maximum absolute atomic E-state index is 13.1. The molecule has 1 aromatic rings. The van der Waals surface area contributed by atoms with Crippen molar-refractivity contribution in [3.8, 4) is 0 Å². The van der Waals surface area contributed by atoms with Gasteiger partial charge in [-0.3, -0.25) is 10.1 Å². The van der Waals surface area contributed by atoms with Crippen LogP contribution in [0.5, 0.6) is 0 Å². The molecule has 0 saturated heterocycles. The smallest absolute Gasteiger partial charge is 0.246 e. The molecule has 3 nitrogen and oxygen atoms in total. The fourth-order valence-corrected chi connectivity index (χ4v) is 2.91. The minimum atomic E-state index is -0.316. The van der Waals surface area contributed by atoms with E-state index in [1.165, 1.54) is 31.4 Å². The second-order valence-electron chi connectivity index (χ2n) is 5.16. The van der Waals surface area contributed by atoms with Crippen molar-refractivity contribution in [3.63, 3.8) is 0 Å². The molecule has 1 unspecified atom stereocenters. The zero-order valence-corrected chi connectivity index (χ0v) is 10.2. The maximum atomic E-state index is 13.1. The summed E-state index contributed by atoms with van der Waals surface area (Å²) >= 11 is 0. The number of carbonyl (C=O) groups is 1. The highest BCUT2D eigenvalue weighted by atomic mass is 19.1. The van der Waals surface area contributed by atoms with Gasteiger partial charge in [-0.25, -0.2) is 4.39 Å². The van der Waals surface area contributed by atoms with Crippen LogP contribution in [-0.2, 0) is 4.79 Å². The van der Waals surface area contributed by atoms with Gasteiger partial charge in [0.15, 0.2) is 0 Å². The summed E-state index contributed by atoms with van der Waals surface area (Å²) in [5, 5.41) is 6.15. The second kappa shape index (κ2) is 4.69. The largest absolute Gasteiger partial charge is 0.324 e. The van der Waals surface area contributed by atoms with Crippen LogP contribution >= 0.6 is 0 Å². The number of hydrogen-bond donors (Lipinski definition) is 2. The number of amides is 1. The van der Waals surface area contributed by atoms with Crippen molar-refractivity contribution >= 4 is 11.6 Å². The number of hydrogen-bond acceptors (Lipinski definition) is 2. The molecule has 1 heterocycles. The first-order valence-corrected chi connectivity index (χ1v) is 6.60. The van der Waals surface area contributed by atoms with E-state index >= 15 is 0 Å². The van der Waals surface area contributed by atoms with Gasteiger partial charge in [-0.05, 0) is 25.0 Å². The van der Waals surface area contributed by atoms with E-state index in [1.807, 2.05) is 0 Å². The molecule has 96 valence electrons. The van der Waals surface area contributed by atoms with Crippen LogP contribution in [0.4, 0.5) is 10.1 Å². The van der Waals surface area contributed by atoms with Gasteiger partial charge in [0.25, 0.3) is 0 Å². The van der Waals surface area contributed by atoms with Crippen LogP contribution in [0.1, 0.15) is 43.7 Å². The van der Waals surface area contributed by atoms with Crippen molar-refractivity contribution in [1.82, 2.24) is 5.32 Å². The third-order valence-electron chi connectivity index (χ3n) is 3.85. The normalized spacial score (nSPS) is 23.8. The molecule has 1 fully saturated rings. The molecule has 4 heteroatoms. The molecule has 2 N–H and O–H groups in total. The Morgan fingerprint density at radius 1 is 1.22 bits per heavy atom. The minimum Gasteiger partial charge on any atom is -0.324 e. The van der Waals surface area contributed by atoms with Crippen LogP contribution in [0.25, 0.3) is 0 Å². The molecular formula is C14H17FN2O. The van der Waals surface area contributed by atoms with E-state index in [0.29, 0.717) is 11.7 Å². The van der Waals surface area contributed by atoms with Gasteiger partial charge in [0.05, 0.1) is 0 Å². The van der Waals surface area contributed by atoms with E-state index in [1.54, 1.807) is 6.07 Å². The molecule has 3 rings (SSSR count). The molecule has 18 heavy (non-hydrogen) atoms. The van der Waals surface area contributed by atoms with Crippen LogP contribution in [0, 0.1) is 5.82 Å². The SMILES string of the molecule is O=C1Nc2cc(F)ccc2C1NC1CCCCC1. The zero-order valence-electron chi connectivity index (χ0n) is 10.2. The van der Waals surface area contributed by atoms with E-state index in [4.69, 9.17) is 0 Å². The lowest BCUT2D eigenvalue weighted by Crippen LogP contribution is -2.37. The van der Waals surface area contributed by atoms with Gasteiger partial charge in [-0.2, -0.15) is 0 Å². The average molecular weight is 248 g/mol.